The van der Waals surface area contributed by atoms with Gasteiger partial charge in [-0.05, 0) is 61.9 Å². The number of ether oxygens (including phenoxy) is 2. The second-order valence-electron chi connectivity index (χ2n) is 6.68. The third-order valence-electron chi connectivity index (χ3n) is 3.63. The summed E-state index contributed by atoms with van der Waals surface area (Å²) in [4.78, 5) is 24.7. The van der Waals surface area contributed by atoms with Crippen LogP contribution in [-0.2, 0) is 9.47 Å². The molecular formula is C19H18N2O4. The zero-order valence-electron chi connectivity index (χ0n) is 14.5. The molecule has 1 aromatic heterocycles. The van der Waals surface area contributed by atoms with Gasteiger partial charge >= 0.3 is 11.9 Å². The summed E-state index contributed by atoms with van der Waals surface area (Å²) in [5.41, 5.74) is 0.372. The highest BCUT2D eigenvalue weighted by atomic mass is 16.6. The molecule has 0 radical (unpaired) electrons. The standard InChI is InChI=1S/C19H18N2O4/c1-19(2,3)25-18(23)15-8-12-7-11-5-6-20-21-16(11)10-13(12)9-14(15)17(22)24-4/h5-10H,1-4H3. The van der Waals surface area contributed by atoms with Gasteiger partial charge in [-0.15, -0.1) is 0 Å². The highest BCUT2D eigenvalue weighted by Crippen LogP contribution is 2.26. The van der Waals surface area contributed by atoms with Crippen molar-refractivity contribution >= 4 is 33.6 Å². The first kappa shape index (κ1) is 16.8. The molecule has 0 saturated carbocycles. The van der Waals surface area contributed by atoms with Crippen molar-refractivity contribution in [1.82, 2.24) is 10.2 Å². The number of aromatic nitrogens is 2. The van der Waals surface area contributed by atoms with E-state index in [9.17, 15) is 9.59 Å². The monoisotopic (exact) mass is 338 g/mol. The topological polar surface area (TPSA) is 78.4 Å². The van der Waals surface area contributed by atoms with Gasteiger partial charge < -0.3 is 9.47 Å². The van der Waals surface area contributed by atoms with E-state index in [1.165, 1.54) is 7.11 Å². The fourth-order valence-corrected chi connectivity index (χ4v) is 2.57. The Balaban J connectivity index is 2.23. The molecule has 0 amide bonds. The van der Waals surface area contributed by atoms with Crippen LogP contribution in [0.15, 0.2) is 36.5 Å². The number of methoxy groups -OCH3 is 1. The molecule has 0 fully saturated rings. The Morgan fingerprint density at radius 2 is 1.56 bits per heavy atom. The second-order valence-corrected chi connectivity index (χ2v) is 6.68. The van der Waals surface area contributed by atoms with E-state index in [1.807, 2.05) is 18.2 Å². The Hall–Kier alpha value is -3.02. The Labute approximate surface area is 144 Å². The van der Waals surface area contributed by atoms with E-state index < -0.39 is 17.5 Å². The molecular weight excluding hydrogens is 320 g/mol. The normalized spacial score (nSPS) is 11.5. The predicted octanol–water partition coefficient (Wildman–Crippen LogP) is 3.52. The highest BCUT2D eigenvalue weighted by Gasteiger charge is 2.24. The fourth-order valence-electron chi connectivity index (χ4n) is 2.57. The molecule has 1 heterocycles. The lowest BCUT2D eigenvalue weighted by Gasteiger charge is -2.20. The molecule has 0 bridgehead atoms. The number of rotatable bonds is 2. The SMILES string of the molecule is COC(=O)c1cc2cc3nnccc3cc2cc1C(=O)OC(C)(C)C. The van der Waals surface area contributed by atoms with Crippen molar-refractivity contribution in [1.29, 1.82) is 0 Å². The first-order chi connectivity index (χ1) is 11.8. The summed E-state index contributed by atoms with van der Waals surface area (Å²) in [5, 5.41) is 10.4. The minimum absolute atomic E-state index is 0.160. The molecule has 0 N–H and O–H groups in total. The molecule has 0 atom stereocenters. The third kappa shape index (κ3) is 3.42. The molecule has 3 aromatic rings. The van der Waals surface area contributed by atoms with Crippen molar-refractivity contribution in [3.05, 3.63) is 47.7 Å². The molecule has 0 spiro atoms. The zero-order valence-corrected chi connectivity index (χ0v) is 14.5. The second kappa shape index (κ2) is 6.12. The van der Waals surface area contributed by atoms with E-state index in [1.54, 1.807) is 39.1 Å². The van der Waals surface area contributed by atoms with Crippen LogP contribution in [0.5, 0.6) is 0 Å². The van der Waals surface area contributed by atoms with Crippen LogP contribution in [0.3, 0.4) is 0 Å². The molecule has 0 unspecified atom stereocenters. The molecule has 0 aliphatic heterocycles. The molecule has 2 aromatic carbocycles. The summed E-state index contributed by atoms with van der Waals surface area (Å²) in [6.45, 7) is 5.32. The Morgan fingerprint density at radius 3 is 2.20 bits per heavy atom. The lowest BCUT2D eigenvalue weighted by molar-refractivity contribution is 0.00654. The molecule has 128 valence electrons. The average molecular weight is 338 g/mol. The van der Waals surface area contributed by atoms with Crippen molar-refractivity contribution < 1.29 is 19.1 Å². The number of carbonyl (C=O) groups is 2. The Kier molecular flexibility index (Phi) is 4.12. The van der Waals surface area contributed by atoms with Gasteiger partial charge in [0.2, 0.25) is 0 Å². The van der Waals surface area contributed by atoms with Crippen LogP contribution in [0, 0.1) is 0 Å². The zero-order chi connectivity index (χ0) is 18.2. The maximum Gasteiger partial charge on any atom is 0.339 e. The molecule has 6 heteroatoms. The van der Waals surface area contributed by atoms with E-state index in [-0.39, 0.29) is 11.1 Å². The smallest absolute Gasteiger partial charge is 0.339 e. The summed E-state index contributed by atoms with van der Waals surface area (Å²) in [6, 6.07) is 8.82. The van der Waals surface area contributed by atoms with Crippen molar-refractivity contribution in [3.63, 3.8) is 0 Å². The number of benzene rings is 2. The van der Waals surface area contributed by atoms with Crippen LogP contribution < -0.4 is 0 Å². The average Bonchev–Trinajstić information content (AvgIpc) is 2.56. The van der Waals surface area contributed by atoms with Gasteiger partial charge in [-0.3, -0.25) is 0 Å². The fraction of sp³-hybridized carbons (Fsp3) is 0.263. The number of carbonyl (C=O) groups excluding carboxylic acids is 2. The predicted molar refractivity (Wildman–Crippen MR) is 93.6 cm³/mol. The summed E-state index contributed by atoms with van der Waals surface area (Å²) < 4.78 is 10.2. The quantitative estimate of drug-likeness (QED) is 0.525. The number of fused-ring (bicyclic) bond motifs is 2. The molecule has 6 nitrogen and oxygen atoms in total. The van der Waals surface area contributed by atoms with Gasteiger partial charge in [0, 0.05) is 5.39 Å². The molecule has 3 rings (SSSR count). The minimum Gasteiger partial charge on any atom is -0.465 e. The summed E-state index contributed by atoms with van der Waals surface area (Å²) in [5.74, 6) is -1.16. The first-order valence-corrected chi connectivity index (χ1v) is 7.79. The van der Waals surface area contributed by atoms with Crippen LogP contribution in [0.25, 0.3) is 21.7 Å². The van der Waals surface area contributed by atoms with Gasteiger partial charge in [0.15, 0.2) is 0 Å². The molecule has 0 aliphatic carbocycles. The number of hydrogen-bond acceptors (Lipinski definition) is 6. The number of hydrogen-bond donors (Lipinski definition) is 0. The lowest BCUT2D eigenvalue weighted by atomic mass is 9.99. The summed E-state index contributed by atoms with van der Waals surface area (Å²) in [7, 11) is 1.28. The minimum atomic E-state index is -0.668. The maximum atomic E-state index is 12.6. The van der Waals surface area contributed by atoms with E-state index >= 15 is 0 Å². The Bertz CT molecular complexity index is 990. The van der Waals surface area contributed by atoms with Crippen LogP contribution in [-0.4, -0.2) is 34.8 Å². The van der Waals surface area contributed by atoms with Gasteiger partial charge in [0.25, 0.3) is 0 Å². The van der Waals surface area contributed by atoms with E-state index in [4.69, 9.17) is 9.47 Å². The van der Waals surface area contributed by atoms with Crippen LogP contribution >= 0.6 is 0 Å². The van der Waals surface area contributed by atoms with Crippen molar-refractivity contribution in [2.45, 2.75) is 26.4 Å². The third-order valence-corrected chi connectivity index (χ3v) is 3.63. The van der Waals surface area contributed by atoms with Crippen LogP contribution in [0.1, 0.15) is 41.5 Å². The van der Waals surface area contributed by atoms with Crippen LogP contribution in [0.4, 0.5) is 0 Å². The number of esters is 2. The van der Waals surface area contributed by atoms with Gasteiger partial charge in [-0.1, -0.05) is 0 Å². The van der Waals surface area contributed by atoms with Crippen molar-refractivity contribution in [3.8, 4) is 0 Å². The van der Waals surface area contributed by atoms with Gasteiger partial charge in [0.1, 0.15) is 5.60 Å². The largest absolute Gasteiger partial charge is 0.465 e. The number of nitrogens with zero attached hydrogens (tertiary/aromatic N) is 2. The van der Waals surface area contributed by atoms with Crippen LogP contribution in [0.2, 0.25) is 0 Å². The van der Waals surface area contributed by atoms with E-state index in [0.29, 0.717) is 5.52 Å². The first-order valence-electron chi connectivity index (χ1n) is 7.79. The van der Waals surface area contributed by atoms with Gasteiger partial charge in [-0.25, -0.2) is 9.59 Å². The van der Waals surface area contributed by atoms with Gasteiger partial charge in [0.05, 0.1) is 30.0 Å². The highest BCUT2D eigenvalue weighted by molar-refractivity contribution is 6.09. The molecule has 0 saturated heterocycles. The molecule has 0 aliphatic rings. The van der Waals surface area contributed by atoms with E-state index in [0.717, 1.165) is 16.2 Å². The van der Waals surface area contributed by atoms with Gasteiger partial charge in [-0.2, -0.15) is 10.2 Å². The van der Waals surface area contributed by atoms with Crippen molar-refractivity contribution in [2.75, 3.05) is 7.11 Å². The van der Waals surface area contributed by atoms with E-state index in [2.05, 4.69) is 10.2 Å². The van der Waals surface area contributed by atoms with Crippen molar-refractivity contribution in [2.24, 2.45) is 0 Å². The Morgan fingerprint density at radius 1 is 0.920 bits per heavy atom. The maximum absolute atomic E-state index is 12.6. The summed E-state index contributed by atoms with van der Waals surface area (Å²) >= 11 is 0. The molecule has 25 heavy (non-hydrogen) atoms. The lowest BCUT2D eigenvalue weighted by Crippen LogP contribution is -2.25. The summed E-state index contributed by atoms with van der Waals surface area (Å²) in [6.07, 6.45) is 1.60.